The van der Waals surface area contributed by atoms with Crippen molar-refractivity contribution in [2.24, 2.45) is 0 Å². The highest BCUT2D eigenvalue weighted by Crippen LogP contribution is 2.51. The van der Waals surface area contributed by atoms with Gasteiger partial charge in [-0.2, -0.15) is 0 Å². The van der Waals surface area contributed by atoms with E-state index in [1.165, 1.54) is 11.8 Å². The number of benzene rings is 1. The van der Waals surface area contributed by atoms with Crippen molar-refractivity contribution in [2.45, 2.75) is 31.6 Å². The van der Waals surface area contributed by atoms with Crippen LogP contribution in [0, 0.1) is 0 Å². The first kappa shape index (κ1) is 17.1. The second-order valence-electron chi connectivity index (χ2n) is 5.27. The van der Waals surface area contributed by atoms with Crippen LogP contribution in [0.3, 0.4) is 0 Å². The van der Waals surface area contributed by atoms with E-state index in [2.05, 4.69) is 18.7 Å². The molecule has 2 heterocycles. The van der Waals surface area contributed by atoms with Gasteiger partial charge in [-0.25, -0.2) is 0 Å². The SMILES string of the molecule is CCCCN1C(=O)/C(=C2/Sc3ccc(Cl)cc3N2CC)SC1=S. The zero-order chi connectivity index (χ0) is 16.6. The van der Waals surface area contributed by atoms with E-state index in [4.69, 9.17) is 23.8 Å². The topological polar surface area (TPSA) is 23.6 Å². The molecule has 23 heavy (non-hydrogen) atoms. The van der Waals surface area contributed by atoms with E-state index in [1.54, 1.807) is 16.7 Å². The molecule has 3 rings (SSSR count). The third-order valence-corrected chi connectivity index (χ3v) is 6.74. The third kappa shape index (κ3) is 3.14. The maximum atomic E-state index is 12.8. The monoisotopic (exact) mass is 384 g/mol. The molecule has 0 N–H and O–H groups in total. The first-order valence-electron chi connectivity index (χ1n) is 7.59. The molecule has 7 heteroatoms. The predicted molar refractivity (Wildman–Crippen MR) is 104 cm³/mol. The van der Waals surface area contributed by atoms with Crippen molar-refractivity contribution in [1.82, 2.24) is 4.90 Å². The Bertz CT molecular complexity index is 705. The van der Waals surface area contributed by atoms with Gasteiger partial charge in [-0.05, 0) is 31.5 Å². The van der Waals surface area contributed by atoms with Crippen LogP contribution < -0.4 is 4.90 Å². The van der Waals surface area contributed by atoms with E-state index in [0.717, 1.165) is 39.9 Å². The van der Waals surface area contributed by atoms with Gasteiger partial charge in [-0.1, -0.05) is 60.7 Å². The Labute approximate surface area is 155 Å². The summed E-state index contributed by atoms with van der Waals surface area (Å²) in [5.41, 5.74) is 1.07. The lowest BCUT2D eigenvalue weighted by Crippen LogP contribution is -2.29. The molecule has 0 unspecified atom stereocenters. The van der Waals surface area contributed by atoms with Gasteiger partial charge in [0.1, 0.15) is 14.3 Å². The van der Waals surface area contributed by atoms with Crippen LogP contribution in [-0.2, 0) is 4.79 Å². The molecule has 0 radical (unpaired) electrons. The van der Waals surface area contributed by atoms with Crippen LogP contribution in [-0.4, -0.2) is 28.2 Å². The minimum Gasteiger partial charge on any atom is -0.334 e. The number of fused-ring (bicyclic) bond motifs is 1. The molecule has 0 atom stereocenters. The van der Waals surface area contributed by atoms with Crippen molar-refractivity contribution in [3.8, 4) is 0 Å². The van der Waals surface area contributed by atoms with Crippen molar-refractivity contribution in [3.05, 3.63) is 33.2 Å². The van der Waals surface area contributed by atoms with Gasteiger partial charge in [-0.15, -0.1) is 0 Å². The molecule has 0 saturated carbocycles. The summed E-state index contributed by atoms with van der Waals surface area (Å²) in [5.74, 6) is 0.0355. The number of rotatable bonds is 4. The van der Waals surface area contributed by atoms with Crippen molar-refractivity contribution in [2.75, 3.05) is 18.0 Å². The number of carbonyl (C=O) groups excluding carboxylic acids is 1. The number of thioether (sulfide) groups is 2. The van der Waals surface area contributed by atoms with E-state index in [0.29, 0.717) is 15.9 Å². The molecule has 1 saturated heterocycles. The Kier molecular flexibility index (Phi) is 5.26. The Morgan fingerprint density at radius 2 is 2.00 bits per heavy atom. The summed E-state index contributed by atoms with van der Waals surface area (Å²) in [6.07, 6.45) is 2.01. The number of unbranched alkanes of at least 4 members (excludes halogenated alkanes) is 1. The summed E-state index contributed by atoms with van der Waals surface area (Å²) < 4.78 is 0.664. The van der Waals surface area contributed by atoms with Gasteiger partial charge < -0.3 is 4.90 Å². The van der Waals surface area contributed by atoms with E-state index >= 15 is 0 Å². The molecule has 3 nitrogen and oxygen atoms in total. The number of carbonyl (C=O) groups is 1. The Hall–Kier alpha value is -0.690. The zero-order valence-corrected chi connectivity index (χ0v) is 16.2. The Morgan fingerprint density at radius 1 is 1.22 bits per heavy atom. The van der Waals surface area contributed by atoms with Crippen molar-refractivity contribution < 1.29 is 4.79 Å². The summed E-state index contributed by atoms with van der Waals surface area (Å²) in [6, 6.07) is 5.85. The number of nitrogens with zero attached hydrogens (tertiary/aromatic N) is 2. The summed E-state index contributed by atoms with van der Waals surface area (Å²) in [4.78, 5) is 18.5. The van der Waals surface area contributed by atoms with Gasteiger partial charge >= 0.3 is 0 Å². The fourth-order valence-corrected chi connectivity index (χ4v) is 5.41. The lowest BCUT2D eigenvalue weighted by molar-refractivity contribution is -0.122. The summed E-state index contributed by atoms with van der Waals surface area (Å²) in [6.45, 7) is 5.68. The van der Waals surface area contributed by atoms with Gasteiger partial charge in [-0.3, -0.25) is 9.69 Å². The fourth-order valence-electron chi connectivity index (χ4n) is 2.58. The molecule has 2 aliphatic rings. The average molecular weight is 385 g/mol. The largest absolute Gasteiger partial charge is 0.334 e. The maximum Gasteiger partial charge on any atom is 0.268 e. The lowest BCUT2D eigenvalue weighted by Gasteiger charge is -2.19. The first-order valence-corrected chi connectivity index (χ1v) is 10.0. The summed E-state index contributed by atoms with van der Waals surface area (Å²) in [5, 5.41) is 1.68. The Balaban J connectivity index is 1.96. The molecule has 2 aliphatic heterocycles. The standard InChI is InChI=1S/C16H17ClN2OS3/c1-3-5-8-19-14(20)13(23-16(19)21)15-18(4-2)11-9-10(17)6-7-12(11)22-15/h6-7,9H,3-5,8H2,1-2H3/b15-13-. The number of thiocarbonyl (C=S) groups is 1. The highest BCUT2D eigenvalue weighted by molar-refractivity contribution is 8.27. The number of halogens is 1. The zero-order valence-electron chi connectivity index (χ0n) is 13.0. The van der Waals surface area contributed by atoms with E-state index in [1.807, 2.05) is 18.2 Å². The van der Waals surface area contributed by atoms with E-state index in [-0.39, 0.29) is 5.91 Å². The first-order chi connectivity index (χ1) is 11.1. The molecular formula is C16H17ClN2OS3. The molecule has 0 spiro atoms. The quantitative estimate of drug-likeness (QED) is 0.530. The van der Waals surface area contributed by atoms with Crippen molar-refractivity contribution >= 4 is 63.3 Å². The summed E-state index contributed by atoms with van der Waals surface area (Å²) >= 11 is 14.6. The minimum absolute atomic E-state index is 0.0355. The maximum absolute atomic E-state index is 12.8. The van der Waals surface area contributed by atoms with Crippen LogP contribution in [0.2, 0.25) is 5.02 Å². The highest BCUT2D eigenvalue weighted by atomic mass is 35.5. The number of amides is 1. The molecule has 0 aliphatic carbocycles. The molecule has 1 fully saturated rings. The molecular weight excluding hydrogens is 368 g/mol. The smallest absolute Gasteiger partial charge is 0.268 e. The molecule has 0 bridgehead atoms. The normalized spacial score (nSPS) is 20.7. The van der Waals surface area contributed by atoms with Crippen LogP contribution in [0.4, 0.5) is 5.69 Å². The Morgan fingerprint density at radius 3 is 2.70 bits per heavy atom. The fraction of sp³-hybridized carbons (Fsp3) is 0.375. The van der Waals surface area contributed by atoms with Crippen LogP contribution in [0.25, 0.3) is 0 Å². The van der Waals surface area contributed by atoms with Crippen LogP contribution in [0.1, 0.15) is 26.7 Å². The van der Waals surface area contributed by atoms with Crippen molar-refractivity contribution in [1.29, 1.82) is 0 Å². The van der Waals surface area contributed by atoms with Gasteiger partial charge in [0.05, 0.1) is 5.69 Å². The summed E-state index contributed by atoms with van der Waals surface area (Å²) in [7, 11) is 0. The van der Waals surface area contributed by atoms with Crippen LogP contribution in [0.5, 0.6) is 0 Å². The molecule has 0 aromatic heterocycles. The lowest BCUT2D eigenvalue weighted by atomic mass is 10.3. The predicted octanol–water partition coefficient (Wildman–Crippen LogP) is 5.10. The van der Waals surface area contributed by atoms with Gasteiger partial charge in [0.25, 0.3) is 5.91 Å². The van der Waals surface area contributed by atoms with Crippen molar-refractivity contribution in [3.63, 3.8) is 0 Å². The van der Waals surface area contributed by atoms with Crippen LogP contribution in [0.15, 0.2) is 33.0 Å². The van der Waals surface area contributed by atoms with E-state index < -0.39 is 0 Å². The van der Waals surface area contributed by atoms with Gasteiger partial charge in [0.15, 0.2) is 0 Å². The average Bonchev–Trinajstić information content (AvgIpc) is 3.02. The second kappa shape index (κ2) is 7.05. The number of hydrogen-bond donors (Lipinski definition) is 0. The van der Waals surface area contributed by atoms with Crippen LogP contribution >= 0.6 is 47.3 Å². The number of anilines is 1. The highest BCUT2D eigenvalue weighted by Gasteiger charge is 2.38. The van der Waals surface area contributed by atoms with E-state index in [9.17, 15) is 4.79 Å². The van der Waals surface area contributed by atoms with Gasteiger partial charge in [0.2, 0.25) is 0 Å². The molecule has 1 aromatic rings. The number of hydrogen-bond acceptors (Lipinski definition) is 5. The van der Waals surface area contributed by atoms with Gasteiger partial charge in [0, 0.05) is 23.0 Å². The molecule has 1 amide bonds. The minimum atomic E-state index is 0.0355. The molecule has 122 valence electrons. The third-order valence-electron chi connectivity index (χ3n) is 3.76. The molecule has 1 aromatic carbocycles. The second-order valence-corrected chi connectivity index (χ2v) is 8.38.